The van der Waals surface area contributed by atoms with Crippen LogP contribution in [0.5, 0.6) is 0 Å². The van der Waals surface area contributed by atoms with Gasteiger partial charge in [0.15, 0.2) is 0 Å². The standard InChI is InChI=1S/C22H42N6O7/c1-21(2,3)34-19(32)26-11-7-8-14(23)18(31)28-15(17(24)30)9-10-16(29)25-12-13-27-20(33)35-22(4,5)6/h14-15H,7-13,23H2,1-6H3,(H2,24,30)(H,25,29)(H,26,32)(H,27,33)(H,28,31)/t14-,15+/m1/s1. The summed E-state index contributed by atoms with van der Waals surface area (Å²) in [4.78, 5) is 59.1. The molecule has 8 N–H and O–H groups in total. The van der Waals surface area contributed by atoms with E-state index in [1.807, 2.05) is 0 Å². The topological polar surface area (TPSA) is 204 Å². The highest BCUT2D eigenvalue weighted by molar-refractivity contribution is 5.89. The number of nitrogens with two attached hydrogens (primary N) is 2. The van der Waals surface area contributed by atoms with E-state index in [4.69, 9.17) is 20.9 Å². The molecule has 202 valence electrons. The lowest BCUT2D eigenvalue weighted by Gasteiger charge is -2.20. The van der Waals surface area contributed by atoms with Crippen LogP contribution >= 0.6 is 0 Å². The Morgan fingerprint density at radius 2 is 1.26 bits per heavy atom. The van der Waals surface area contributed by atoms with Crippen LogP contribution in [0.3, 0.4) is 0 Å². The van der Waals surface area contributed by atoms with Crippen LogP contribution in [-0.4, -0.2) is 72.8 Å². The van der Waals surface area contributed by atoms with Gasteiger partial charge in [-0.1, -0.05) is 0 Å². The molecule has 35 heavy (non-hydrogen) atoms. The van der Waals surface area contributed by atoms with Crippen LogP contribution in [0.25, 0.3) is 0 Å². The van der Waals surface area contributed by atoms with E-state index >= 15 is 0 Å². The van der Waals surface area contributed by atoms with Crippen LogP contribution in [0, 0.1) is 0 Å². The van der Waals surface area contributed by atoms with Gasteiger partial charge in [0.2, 0.25) is 17.7 Å². The van der Waals surface area contributed by atoms with Crippen molar-refractivity contribution in [3.63, 3.8) is 0 Å². The predicted octanol–water partition coefficient (Wildman–Crippen LogP) is 0.00980. The maximum Gasteiger partial charge on any atom is 0.407 e. The highest BCUT2D eigenvalue weighted by Crippen LogP contribution is 2.07. The Kier molecular flexibility index (Phi) is 13.7. The minimum absolute atomic E-state index is 0.0146. The van der Waals surface area contributed by atoms with E-state index in [0.717, 1.165) is 0 Å². The van der Waals surface area contributed by atoms with Crippen molar-refractivity contribution in [2.45, 2.75) is 90.5 Å². The summed E-state index contributed by atoms with van der Waals surface area (Å²) in [5.74, 6) is -1.77. The van der Waals surface area contributed by atoms with E-state index in [1.54, 1.807) is 41.5 Å². The third-order valence-corrected chi connectivity index (χ3v) is 4.13. The normalized spacial score (nSPS) is 13.1. The highest BCUT2D eigenvalue weighted by Gasteiger charge is 2.23. The van der Waals surface area contributed by atoms with Gasteiger partial charge in [0.25, 0.3) is 0 Å². The van der Waals surface area contributed by atoms with Gasteiger partial charge in [-0.2, -0.15) is 0 Å². The van der Waals surface area contributed by atoms with E-state index in [2.05, 4.69) is 21.3 Å². The number of amides is 5. The van der Waals surface area contributed by atoms with Crippen LogP contribution in [0.1, 0.15) is 67.2 Å². The van der Waals surface area contributed by atoms with Crippen molar-refractivity contribution in [3.8, 4) is 0 Å². The molecule has 0 unspecified atom stereocenters. The summed E-state index contributed by atoms with van der Waals surface area (Å²) < 4.78 is 10.2. The summed E-state index contributed by atoms with van der Waals surface area (Å²) in [5.41, 5.74) is 9.95. The quantitative estimate of drug-likeness (QED) is 0.189. The fourth-order valence-corrected chi connectivity index (χ4v) is 2.57. The van der Waals surface area contributed by atoms with Crippen LogP contribution in [0.4, 0.5) is 9.59 Å². The number of rotatable bonds is 13. The van der Waals surface area contributed by atoms with Crippen molar-refractivity contribution in [3.05, 3.63) is 0 Å². The zero-order valence-corrected chi connectivity index (χ0v) is 21.6. The van der Waals surface area contributed by atoms with Gasteiger partial charge in [-0.3, -0.25) is 14.4 Å². The molecule has 0 spiro atoms. The van der Waals surface area contributed by atoms with Gasteiger partial charge in [0.05, 0.1) is 6.04 Å². The van der Waals surface area contributed by atoms with E-state index in [1.165, 1.54) is 0 Å². The second-order valence-electron chi connectivity index (χ2n) is 9.96. The van der Waals surface area contributed by atoms with Gasteiger partial charge < -0.3 is 42.2 Å². The summed E-state index contributed by atoms with van der Waals surface area (Å²) in [6, 6.07) is -2.00. The van der Waals surface area contributed by atoms with Crippen molar-refractivity contribution in [2.75, 3.05) is 19.6 Å². The van der Waals surface area contributed by atoms with Crippen molar-refractivity contribution in [1.29, 1.82) is 0 Å². The molecule has 0 saturated heterocycles. The second kappa shape index (κ2) is 15.0. The first kappa shape index (κ1) is 31.9. The zero-order chi connectivity index (χ0) is 27.2. The molecule has 0 rings (SSSR count). The fraction of sp³-hybridized carbons (Fsp3) is 0.773. The number of carbonyl (C=O) groups excluding carboxylic acids is 5. The molecule has 0 heterocycles. The molecular weight excluding hydrogens is 460 g/mol. The second-order valence-corrected chi connectivity index (χ2v) is 9.96. The third kappa shape index (κ3) is 18.0. The minimum Gasteiger partial charge on any atom is -0.444 e. The zero-order valence-electron chi connectivity index (χ0n) is 21.6. The first-order valence-corrected chi connectivity index (χ1v) is 11.6. The Hall–Kier alpha value is -3.09. The average Bonchev–Trinajstić information content (AvgIpc) is 2.68. The van der Waals surface area contributed by atoms with Crippen LogP contribution in [-0.2, 0) is 23.9 Å². The smallest absolute Gasteiger partial charge is 0.407 e. The molecule has 0 radical (unpaired) electrons. The molecule has 0 aliphatic heterocycles. The Morgan fingerprint density at radius 1 is 0.771 bits per heavy atom. The number of hydrogen-bond acceptors (Lipinski definition) is 8. The Bertz CT molecular complexity index is 731. The van der Waals surface area contributed by atoms with Gasteiger partial charge in [-0.15, -0.1) is 0 Å². The Labute approximate surface area is 206 Å². The van der Waals surface area contributed by atoms with E-state index < -0.39 is 47.3 Å². The molecule has 2 atom stereocenters. The molecule has 0 saturated carbocycles. The van der Waals surface area contributed by atoms with Gasteiger partial charge in [0, 0.05) is 26.1 Å². The lowest BCUT2D eigenvalue weighted by molar-refractivity contribution is -0.129. The summed E-state index contributed by atoms with van der Waals surface area (Å²) in [6.07, 6.45) is -0.592. The van der Waals surface area contributed by atoms with Gasteiger partial charge in [0.1, 0.15) is 17.2 Å². The number of alkyl carbamates (subject to hydrolysis) is 2. The molecule has 13 heteroatoms. The molecule has 0 aliphatic carbocycles. The summed E-state index contributed by atoms with van der Waals surface area (Å²) in [5, 5.41) is 10.1. The molecule has 0 aromatic heterocycles. The Balaban J connectivity index is 4.26. The monoisotopic (exact) mass is 502 g/mol. The molecule has 0 aromatic carbocycles. The fourth-order valence-electron chi connectivity index (χ4n) is 2.57. The SMILES string of the molecule is CC(C)(C)OC(=O)NCCC[C@@H](N)C(=O)N[C@@H](CCC(=O)NCCNC(=O)OC(C)(C)C)C(N)=O. The van der Waals surface area contributed by atoms with Gasteiger partial charge in [-0.25, -0.2) is 9.59 Å². The molecule has 0 aromatic rings. The molecule has 0 fully saturated rings. The van der Waals surface area contributed by atoms with Gasteiger partial charge >= 0.3 is 12.2 Å². The lowest BCUT2D eigenvalue weighted by atomic mass is 10.1. The number of hydrogen-bond donors (Lipinski definition) is 6. The maximum atomic E-state index is 12.3. The van der Waals surface area contributed by atoms with Crippen molar-refractivity contribution < 1.29 is 33.4 Å². The molecule has 0 aliphatic rings. The summed E-state index contributed by atoms with van der Waals surface area (Å²) in [6.45, 7) is 11.0. The van der Waals surface area contributed by atoms with E-state index in [9.17, 15) is 24.0 Å². The minimum atomic E-state index is -1.07. The van der Waals surface area contributed by atoms with Crippen molar-refractivity contribution in [1.82, 2.24) is 21.3 Å². The van der Waals surface area contributed by atoms with Crippen molar-refractivity contribution in [2.24, 2.45) is 11.5 Å². The summed E-state index contributed by atoms with van der Waals surface area (Å²) in [7, 11) is 0. The van der Waals surface area contributed by atoms with Crippen LogP contribution < -0.4 is 32.7 Å². The molecule has 5 amide bonds. The highest BCUT2D eigenvalue weighted by atomic mass is 16.6. The number of nitrogens with one attached hydrogen (secondary N) is 4. The number of carbonyl (C=O) groups is 5. The van der Waals surface area contributed by atoms with Crippen LogP contribution in [0.15, 0.2) is 0 Å². The predicted molar refractivity (Wildman–Crippen MR) is 129 cm³/mol. The lowest BCUT2D eigenvalue weighted by Crippen LogP contribution is -2.50. The van der Waals surface area contributed by atoms with Crippen molar-refractivity contribution >= 4 is 29.9 Å². The molecule has 13 nitrogen and oxygen atoms in total. The van der Waals surface area contributed by atoms with E-state index in [-0.39, 0.29) is 44.8 Å². The number of primary amides is 1. The Morgan fingerprint density at radius 3 is 1.74 bits per heavy atom. The maximum absolute atomic E-state index is 12.3. The van der Waals surface area contributed by atoms with E-state index in [0.29, 0.717) is 6.42 Å². The molecule has 0 bridgehead atoms. The van der Waals surface area contributed by atoms with Crippen LogP contribution in [0.2, 0.25) is 0 Å². The van der Waals surface area contributed by atoms with Gasteiger partial charge in [-0.05, 0) is 60.8 Å². The largest absolute Gasteiger partial charge is 0.444 e. The third-order valence-electron chi connectivity index (χ3n) is 4.13. The first-order valence-electron chi connectivity index (χ1n) is 11.6. The number of ether oxygens (including phenoxy) is 2. The summed E-state index contributed by atoms with van der Waals surface area (Å²) >= 11 is 0. The average molecular weight is 503 g/mol. The molecular formula is C22H42N6O7. The first-order chi connectivity index (χ1) is 16.0.